The van der Waals surface area contributed by atoms with E-state index < -0.39 is 0 Å². The molecule has 0 spiro atoms. The van der Waals surface area contributed by atoms with Crippen LogP contribution < -0.4 is 14.8 Å². The number of rotatable bonds is 7. The summed E-state index contributed by atoms with van der Waals surface area (Å²) in [4.78, 5) is 14.8. The SMILES string of the molecule is CCC1CN(CCNC(=O)c2ccc(-n3cnnn3)cc2)Cc2cc(OC)ccc2O1. The maximum Gasteiger partial charge on any atom is 0.251 e. The van der Waals surface area contributed by atoms with Gasteiger partial charge in [0, 0.05) is 37.3 Å². The third-order valence-corrected chi connectivity index (χ3v) is 5.33. The van der Waals surface area contributed by atoms with Crippen molar-refractivity contribution in [3.63, 3.8) is 0 Å². The Balaban J connectivity index is 1.35. The van der Waals surface area contributed by atoms with E-state index in [-0.39, 0.29) is 12.0 Å². The molecule has 2 heterocycles. The minimum absolute atomic E-state index is 0.108. The predicted molar refractivity (Wildman–Crippen MR) is 114 cm³/mol. The number of benzene rings is 2. The molecule has 1 amide bonds. The van der Waals surface area contributed by atoms with Gasteiger partial charge in [0.15, 0.2) is 0 Å². The molecule has 9 nitrogen and oxygen atoms in total. The molecule has 3 aromatic rings. The fourth-order valence-corrected chi connectivity index (χ4v) is 3.59. The van der Waals surface area contributed by atoms with Gasteiger partial charge in [-0.05, 0) is 59.3 Å². The lowest BCUT2D eigenvalue weighted by Crippen LogP contribution is -2.38. The zero-order valence-corrected chi connectivity index (χ0v) is 17.7. The average Bonchev–Trinajstić information content (AvgIpc) is 3.28. The highest BCUT2D eigenvalue weighted by atomic mass is 16.5. The van der Waals surface area contributed by atoms with E-state index in [1.807, 2.05) is 30.3 Å². The van der Waals surface area contributed by atoms with Gasteiger partial charge >= 0.3 is 0 Å². The highest BCUT2D eigenvalue weighted by molar-refractivity contribution is 5.94. The number of aromatic nitrogens is 4. The molecule has 31 heavy (non-hydrogen) atoms. The number of tetrazole rings is 1. The number of ether oxygens (including phenoxy) is 2. The van der Waals surface area contributed by atoms with Crippen molar-refractivity contribution in [1.82, 2.24) is 30.4 Å². The van der Waals surface area contributed by atoms with Gasteiger partial charge in [0.25, 0.3) is 5.91 Å². The fourth-order valence-electron chi connectivity index (χ4n) is 3.59. The normalized spacial score (nSPS) is 16.1. The van der Waals surface area contributed by atoms with Crippen molar-refractivity contribution in [2.24, 2.45) is 0 Å². The van der Waals surface area contributed by atoms with Gasteiger partial charge in [-0.15, -0.1) is 5.10 Å². The minimum atomic E-state index is -0.108. The van der Waals surface area contributed by atoms with Gasteiger partial charge in [-0.3, -0.25) is 9.69 Å². The third kappa shape index (κ3) is 5.00. The second kappa shape index (κ2) is 9.57. The largest absolute Gasteiger partial charge is 0.497 e. The van der Waals surface area contributed by atoms with E-state index in [4.69, 9.17) is 9.47 Å². The van der Waals surface area contributed by atoms with Crippen molar-refractivity contribution < 1.29 is 14.3 Å². The number of methoxy groups -OCH3 is 1. The highest BCUT2D eigenvalue weighted by Gasteiger charge is 2.22. The molecule has 0 saturated carbocycles. The first kappa shape index (κ1) is 20.8. The van der Waals surface area contributed by atoms with Gasteiger partial charge in [-0.1, -0.05) is 6.92 Å². The molecule has 9 heteroatoms. The Bertz CT molecular complexity index is 1010. The van der Waals surface area contributed by atoms with E-state index >= 15 is 0 Å². The lowest BCUT2D eigenvalue weighted by molar-refractivity contribution is 0.0942. The zero-order chi connectivity index (χ0) is 21.6. The standard InChI is InChI=1S/C22H26N6O3/c1-3-19-14-27(13-17-12-20(30-2)8-9-21(17)31-19)11-10-23-22(29)16-4-6-18(7-5-16)28-15-24-25-26-28/h4-9,12,15,19H,3,10-11,13-14H2,1-2H3,(H,23,29). The van der Waals surface area contributed by atoms with Crippen molar-refractivity contribution in [1.29, 1.82) is 0 Å². The monoisotopic (exact) mass is 422 g/mol. The van der Waals surface area contributed by atoms with Crippen LogP contribution in [0.15, 0.2) is 48.8 Å². The lowest BCUT2D eigenvalue weighted by atomic mass is 10.1. The Labute approximate surface area is 181 Å². The first-order chi connectivity index (χ1) is 15.2. The van der Waals surface area contributed by atoms with Crippen LogP contribution in [0.25, 0.3) is 5.69 Å². The molecular formula is C22H26N6O3. The summed E-state index contributed by atoms with van der Waals surface area (Å²) in [5, 5.41) is 14.1. The van der Waals surface area contributed by atoms with Crippen LogP contribution in [0, 0.1) is 0 Å². The average molecular weight is 422 g/mol. The van der Waals surface area contributed by atoms with Gasteiger partial charge in [0.05, 0.1) is 12.8 Å². The summed E-state index contributed by atoms with van der Waals surface area (Å²) in [5.74, 6) is 1.61. The van der Waals surface area contributed by atoms with E-state index in [0.29, 0.717) is 12.1 Å². The van der Waals surface area contributed by atoms with E-state index in [9.17, 15) is 4.79 Å². The summed E-state index contributed by atoms with van der Waals surface area (Å²) in [6.07, 6.45) is 2.54. The summed E-state index contributed by atoms with van der Waals surface area (Å²) in [6, 6.07) is 13.1. The molecule has 4 rings (SSSR count). The topological polar surface area (TPSA) is 94.4 Å². The van der Waals surface area contributed by atoms with Gasteiger partial charge < -0.3 is 14.8 Å². The lowest BCUT2D eigenvalue weighted by Gasteiger charge is -2.23. The van der Waals surface area contributed by atoms with Crippen LogP contribution in [0.1, 0.15) is 29.3 Å². The molecule has 0 saturated heterocycles. The number of fused-ring (bicyclic) bond motifs is 1. The van der Waals surface area contributed by atoms with Crippen LogP contribution >= 0.6 is 0 Å². The molecule has 2 aromatic carbocycles. The van der Waals surface area contributed by atoms with Crippen molar-refractivity contribution in [3.05, 3.63) is 59.9 Å². The molecule has 1 N–H and O–H groups in total. The van der Waals surface area contributed by atoms with Crippen LogP contribution in [-0.4, -0.2) is 63.9 Å². The van der Waals surface area contributed by atoms with Crippen LogP contribution in [0.2, 0.25) is 0 Å². The zero-order valence-electron chi connectivity index (χ0n) is 17.7. The van der Waals surface area contributed by atoms with E-state index in [1.54, 1.807) is 23.9 Å². The molecule has 162 valence electrons. The van der Waals surface area contributed by atoms with Crippen molar-refractivity contribution >= 4 is 5.91 Å². The molecule has 1 atom stereocenters. The van der Waals surface area contributed by atoms with Gasteiger partial charge in [0.2, 0.25) is 0 Å². The first-order valence-corrected chi connectivity index (χ1v) is 10.3. The molecule has 0 fully saturated rings. The molecule has 1 aliphatic heterocycles. The number of hydrogen-bond donors (Lipinski definition) is 1. The molecule has 1 aliphatic rings. The maximum absolute atomic E-state index is 12.5. The Morgan fingerprint density at radius 1 is 1.26 bits per heavy atom. The maximum atomic E-state index is 12.5. The molecule has 1 aromatic heterocycles. The summed E-state index contributed by atoms with van der Waals surface area (Å²) >= 11 is 0. The van der Waals surface area contributed by atoms with Crippen molar-refractivity contribution in [2.45, 2.75) is 26.0 Å². The number of amides is 1. The van der Waals surface area contributed by atoms with Gasteiger partial charge in [-0.25, -0.2) is 4.68 Å². The van der Waals surface area contributed by atoms with E-state index in [2.05, 4.69) is 32.7 Å². The van der Waals surface area contributed by atoms with E-state index in [0.717, 1.165) is 48.8 Å². The Morgan fingerprint density at radius 3 is 2.81 bits per heavy atom. The van der Waals surface area contributed by atoms with Crippen molar-refractivity contribution in [2.75, 3.05) is 26.7 Å². The van der Waals surface area contributed by atoms with Crippen molar-refractivity contribution in [3.8, 4) is 17.2 Å². The molecule has 0 aliphatic carbocycles. The molecule has 0 bridgehead atoms. The second-order valence-electron chi connectivity index (χ2n) is 7.41. The molecule has 1 unspecified atom stereocenters. The Hall–Kier alpha value is -3.46. The minimum Gasteiger partial charge on any atom is -0.497 e. The fraction of sp³-hybridized carbons (Fsp3) is 0.364. The van der Waals surface area contributed by atoms with Gasteiger partial charge in [0.1, 0.15) is 23.9 Å². The Kier molecular flexibility index (Phi) is 6.42. The quantitative estimate of drug-likeness (QED) is 0.623. The number of carbonyl (C=O) groups is 1. The van der Waals surface area contributed by atoms with Crippen LogP contribution in [0.4, 0.5) is 0 Å². The number of nitrogens with zero attached hydrogens (tertiary/aromatic N) is 5. The first-order valence-electron chi connectivity index (χ1n) is 10.3. The summed E-state index contributed by atoms with van der Waals surface area (Å²) in [6.45, 7) is 4.95. The van der Waals surface area contributed by atoms with Crippen LogP contribution in [0.5, 0.6) is 11.5 Å². The number of hydrogen-bond acceptors (Lipinski definition) is 7. The number of carbonyl (C=O) groups excluding carboxylic acids is 1. The smallest absolute Gasteiger partial charge is 0.251 e. The molecular weight excluding hydrogens is 396 g/mol. The summed E-state index contributed by atoms with van der Waals surface area (Å²) in [7, 11) is 1.66. The second-order valence-corrected chi connectivity index (χ2v) is 7.41. The predicted octanol–water partition coefficient (Wildman–Crippen LogP) is 2.07. The van der Waals surface area contributed by atoms with Crippen LogP contribution in [0.3, 0.4) is 0 Å². The highest BCUT2D eigenvalue weighted by Crippen LogP contribution is 2.29. The third-order valence-electron chi connectivity index (χ3n) is 5.33. The molecule has 0 radical (unpaired) electrons. The van der Waals surface area contributed by atoms with Gasteiger partial charge in [-0.2, -0.15) is 0 Å². The van der Waals surface area contributed by atoms with E-state index in [1.165, 1.54) is 6.33 Å². The van der Waals surface area contributed by atoms with Crippen LogP contribution in [-0.2, 0) is 6.54 Å². The summed E-state index contributed by atoms with van der Waals surface area (Å²) in [5.41, 5.74) is 2.49. The number of nitrogens with one attached hydrogen (secondary N) is 1. The Morgan fingerprint density at radius 2 is 2.10 bits per heavy atom. The summed E-state index contributed by atoms with van der Waals surface area (Å²) < 4.78 is 13.1.